The van der Waals surface area contributed by atoms with Gasteiger partial charge < -0.3 is 10.6 Å². The van der Waals surface area contributed by atoms with Crippen molar-refractivity contribution in [3.8, 4) is 0 Å². The Morgan fingerprint density at radius 3 is 2.75 bits per heavy atom. The molecule has 3 heterocycles. The molecule has 0 fully saturated rings. The zero-order valence-corrected chi connectivity index (χ0v) is 17.0. The average molecular weight is 394 g/mol. The van der Waals surface area contributed by atoms with E-state index in [1.165, 1.54) is 0 Å². The standard InChI is InChI=1S/C22H23N3O2S/c1-12-6-7-18(23-11-12)25-22(27)19-14(3)24-15-9-13(2)10-16(26)20(15)21(19)17-5-4-8-28-17/h4-8,11,13,21,24H,9-10H2,1-3H3,(H,23,25,27)/t13-,21-/m1/s1. The number of Topliss-reactive ketones (excluding diaryl/α,β-unsaturated/α-hetero) is 1. The predicted octanol–water partition coefficient (Wildman–Crippen LogP) is 4.30. The molecule has 4 rings (SSSR count). The maximum Gasteiger partial charge on any atom is 0.255 e. The number of carbonyl (C=O) groups is 2. The first-order chi connectivity index (χ1) is 13.4. The fraction of sp³-hybridized carbons (Fsp3) is 0.318. The van der Waals surface area contributed by atoms with Gasteiger partial charge in [-0.3, -0.25) is 9.59 Å². The van der Waals surface area contributed by atoms with Gasteiger partial charge in [-0.1, -0.05) is 19.1 Å². The maximum atomic E-state index is 13.2. The summed E-state index contributed by atoms with van der Waals surface area (Å²) in [6.07, 6.45) is 3.07. The van der Waals surface area contributed by atoms with E-state index in [9.17, 15) is 9.59 Å². The number of amides is 1. The zero-order chi connectivity index (χ0) is 19.8. The second-order valence-electron chi connectivity index (χ2n) is 7.62. The highest BCUT2D eigenvalue weighted by Gasteiger charge is 2.40. The normalized spacial score (nSPS) is 22.0. The van der Waals surface area contributed by atoms with E-state index in [1.54, 1.807) is 23.6 Å². The molecule has 1 amide bonds. The van der Waals surface area contributed by atoms with Crippen LogP contribution in [0.1, 0.15) is 43.0 Å². The third-order valence-corrected chi connectivity index (χ3v) is 6.19. The molecule has 2 aliphatic rings. The van der Waals surface area contributed by atoms with Gasteiger partial charge in [0.1, 0.15) is 5.82 Å². The minimum atomic E-state index is -0.332. The molecule has 0 spiro atoms. The molecular formula is C22H23N3O2S. The van der Waals surface area contributed by atoms with Crippen LogP contribution in [0.25, 0.3) is 0 Å². The Bertz CT molecular complexity index is 987. The lowest BCUT2D eigenvalue weighted by atomic mass is 9.75. The van der Waals surface area contributed by atoms with Gasteiger partial charge in [0.05, 0.1) is 5.92 Å². The van der Waals surface area contributed by atoms with Crippen LogP contribution in [0.2, 0.25) is 0 Å². The van der Waals surface area contributed by atoms with Gasteiger partial charge in [0, 0.05) is 40.0 Å². The summed E-state index contributed by atoms with van der Waals surface area (Å²) in [6, 6.07) is 7.66. The van der Waals surface area contributed by atoms with Gasteiger partial charge in [-0.25, -0.2) is 4.98 Å². The van der Waals surface area contributed by atoms with Crippen molar-refractivity contribution < 1.29 is 9.59 Å². The van der Waals surface area contributed by atoms with Crippen molar-refractivity contribution in [3.05, 3.63) is 68.8 Å². The van der Waals surface area contributed by atoms with Crippen LogP contribution in [0.15, 0.2) is 58.4 Å². The van der Waals surface area contributed by atoms with Crippen LogP contribution < -0.4 is 10.6 Å². The predicted molar refractivity (Wildman–Crippen MR) is 111 cm³/mol. The van der Waals surface area contributed by atoms with E-state index in [-0.39, 0.29) is 17.6 Å². The third-order valence-electron chi connectivity index (χ3n) is 5.26. The first-order valence-electron chi connectivity index (χ1n) is 9.45. The summed E-state index contributed by atoms with van der Waals surface area (Å²) in [5.41, 5.74) is 4.12. The lowest BCUT2D eigenvalue weighted by Gasteiger charge is -2.35. The van der Waals surface area contributed by atoms with Crippen molar-refractivity contribution >= 4 is 28.8 Å². The quantitative estimate of drug-likeness (QED) is 0.815. The number of thiophene rings is 1. The highest BCUT2D eigenvalue weighted by molar-refractivity contribution is 7.10. The largest absolute Gasteiger partial charge is 0.362 e. The topological polar surface area (TPSA) is 71.1 Å². The summed E-state index contributed by atoms with van der Waals surface area (Å²) in [5.74, 6) is 0.386. The minimum absolute atomic E-state index is 0.130. The number of aromatic nitrogens is 1. The van der Waals surface area contributed by atoms with Crippen LogP contribution in [0, 0.1) is 12.8 Å². The minimum Gasteiger partial charge on any atom is -0.362 e. The Kier molecular flexibility index (Phi) is 4.89. The van der Waals surface area contributed by atoms with Crippen molar-refractivity contribution in [2.24, 2.45) is 5.92 Å². The monoisotopic (exact) mass is 393 g/mol. The van der Waals surface area contributed by atoms with Gasteiger partial charge in [0.2, 0.25) is 0 Å². The number of pyridine rings is 1. The number of hydrogen-bond acceptors (Lipinski definition) is 5. The lowest BCUT2D eigenvalue weighted by molar-refractivity contribution is -0.117. The number of nitrogens with one attached hydrogen (secondary N) is 2. The number of aryl methyl sites for hydroxylation is 1. The Morgan fingerprint density at radius 1 is 1.25 bits per heavy atom. The Morgan fingerprint density at radius 2 is 2.07 bits per heavy atom. The number of ketones is 1. The molecule has 2 atom stereocenters. The molecule has 2 N–H and O–H groups in total. The van der Waals surface area contributed by atoms with Crippen molar-refractivity contribution in [2.45, 2.75) is 39.5 Å². The molecule has 0 saturated heterocycles. The second kappa shape index (κ2) is 7.36. The number of hydrogen-bond donors (Lipinski definition) is 2. The summed E-state index contributed by atoms with van der Waals surface area (Å²) < 4.78 is 0. The van der Waals surface area contributed by atoms with E-state index in [1.807, 2.05) is 37.4 Å². The van der Waals surface area contributed by atoms with Crippen molar-refractivity contribution in [2.75, 3.05) is 5.32 Å². The molecule has 1 aliphatic carbocycles. The van der Waals surface area contributed by atoms with E-state index >= 15 is 0 Å². The van der Waals surface area contributed by atoms with E-state index < -0.39 is 0 Å². The summed E-state index contributed by atoms with van der Waals surface area (Å²) in [4.78, 5) is 31.5. The zero-order valence-electron chi connectivity index (χ0n) is 16.2. The molecule has 0 radical (unpaired) electrons. The third kappa shape index (κ3) is 3.40. The van der Waals surface area contributed by atoms with Gasteiger partial charge >= 0.3 is 0 Å². The SMILES string of the molecule is CC1=C(C(=O)Nc2ccc(C)cn2)[C@@H](c2cccs2)C2=C(C[C@@H](C)CC2=O)N1. The molecular weight excluding hydrogens is 370 g/mol. The van der Waals surface area contributed by atoms with Gasteiger partial charge in [0.15, 0.2) is 5.78 Å². The van der Waals surface area contributed by atoms with Gasteiger partial charge in [0.25, 0.3) is 5.91 Å². The molecule has 28 heavy (non-hydrogen) atoms. The fourth-order valence-electron chi connectivity index (χ4n) is 4.00. The number of rotatable bonds is 3. The molecule has 1 aliphatic heterocycles. The van der Waals surface area contributed by atoms with Crippen LogP contribution in [0.3, 0.4) is 0 Å². The van der Waals surface area contributed by atoms with Crippen LogP contribution >= 0.6 is 11.3 Å². The summed E-state index contributed by atoms with van der Waals surface area (Å²) in [5, 5.41) is 8.25. The van der Waals surface area contributed by atoms with E-state index in [2.05, 4.69) is 22.5 Å². The molecule has 0 saturated carbocycles. The first kappa shape index (κ1) is 18.6. The number of carbonyl (C=O) groups excluding carboxylic acids is 2. The smallest absolute Gasteiger partial charge is 0.255 e. The van der Waals surface area contributed by atoms with Crippen LogP contribution in [0.4, 0.5) is 5.82 Å². The summed E-state index contributed by atoms with van der Waals surface area (Å²) in [6.45, 7) is 5.95. The van der Waals surface area contributed by atoms with Crippen molar-refractivity contribution in [1.29, 1.82) is 0 Å². The molecule has 5 nitrogen and oxygen atoms in total. The Hall–Kier alpha value is -2.73. The maximum absolute atomic E-state index is 13.2. The number of nitrogens with zero attached hydrogens (tertiary/aromatic N) is 1. The summed E-state index contributed by atoms with van der Waals surface area (Å²) >= 11 is 1.58. The highest BCUT2D eigenvalue weighted by Crippen LogP contribution is 2.44. The van der Waals surface area contributed by atoms with Crippen molar-refractivity contribution in [1.82, 2.24) is 10.3 Å². The van der Waals surface area contributed by atoms with E-state index in [0.717, 1.165) is 33.8 Å². The molecule has 2 aromatic rings. The summed E-state index contributed by atoms with van der Waals surface area (Å²) in [7, 11) is 0. The van der Waals surface area contributed by atoms with Crippen LogP contribution in [-0.2, 0) is 9.59 Å². The Balaban J connectivity index is 1.74. The van der Waals surface area contributed by atoms with Gasteiger partial charge in [-0.15, -0.1) is 11.3 Å². The fourth-order valence-corrected chi connectivity index (χ4v) is 4.84. The number of allylic oxidation sites excluding steroid dienone is 3. The molecule has 0 aromatic carbocycles. The molecule has 0 unspecified atom stereocenters. The molecule has 6 heteroatoms. The highest BCUT2D eigenvalue weighted by atomic mass is 32.1. The first-order valence-corrected chi connectivity index (χ1v) is 10.3. The second-order valence-corrected chi connectivity index (χ2v) is 8.60. The molecule has 2 aromatic heterocycles. The van der Waals surface area contributed by atoms with Gasteiger partial charge in [-0.2, -0.15) is 0 Å². The molecule has 0 bridgehead atoms. The average Bonchev–Trinajstić information content (AvgIpc) is 3.16. The molecule has 144 valence electrons. The van der Waals surface area contributed by atoms with E-state index in [0.29, 0.717) is 23.7 Å². The van der Waals surface area contributed by atoms with Crippen molar-refractivity contribution in [3.63, 3.8) is 0 Å². The number of dihydropyridines is 1. The number of anilines is 1. The lowest BCUT2D eigenvalue weighted by Crippen LogP contribution is -2.36. The van der Waals surface area contributed by atoms with Gasteiger partial charge in [-0.05, 0) is 49.3 Å². The van der Waals surface area contributed by atoms with E-state index in [4.69, 9.17) is 0 Å². The van der Waals surface area contributed by atoms with Crippen LogP contribution in [-0.4, -0.2) is 16.7 Å². The Labute approximate surface area is 168 Å². The van der Waals surface area contributed by atoms with Crippen LogP contribution in [0.5, 0.6) is 0 Å².